The number of hydrogen-bond donors (Lipinski definition) is 1. The maximum Gasteiger partial charge on any atom is 0.433 e. The minimum absolute atomic E-state index is 0.0939. The summed E-state index contributed by atoms with van der Waals surface area (Å²) in [6.45, 7) is 1.58. The van der Waals surface area contributed by atoms with E-state index in [0.29, 0.717) is 23.2 Å². The number of alkyl halides is 3. The third-order valence-corrected chi connectivity index (χ3v) is 4.83. The van der Waals surface area contributed by atoms with E-state index in [9.17, 15) is 23.1 Å². The Bertz CT molecular complexity index is 1020. The van der Waals surface area contributed by atoms with E-state index in [1.807, 2.05) is 0 Å². The number of nitrogens with zero attached hydrogens (tertiary/aromatic N) is 1. The van der Waals surface area contributed by atoms with Gasteiger partial charge < -0.3 is 9.52 Å². The summed E-state index contributed by atoms with van der Waals surface area (Å²) in [6.07, 6.45) is -2.78. The van der Waals surface area contributed by atoms with Crippen LogP contribution >= 0.6 is 0 Å². The van der Waals surface area contributed by atoms with E-state index in [2.05, 4.69) is 4.98 Å². The van der Waals surface area contributed by atoms with E-state index in [4.69, 9.17) is 4.42 Å². The molecule has 26 heavy (non-hydrogen) atoms. The van der Waals surface area contributed by atoms with Gasteiger partial charge in [0.05, 0.1) is 0 Å². The highest BCUT2D eigenvalue weighted by atomic mass is 19.4. The molecule has 2 unspecified atom stereocenters. The number of hydrogen-bond acceptors (Lipinski definition) is 3. The highest BCUT2D eigenvalue weighted by molar-refractivity contribution is 6.03. The lowest BCUT2D eigenvalue weighted by Crippen LogP contribution is -2.11. The summed E-state index contributed by atoms with van der Waals surface area (Å²) >= 11 is 0. The van der Waals surface area contributed by atoms with Crippen molar-refractivity contribution >= 4 is 16.9 Å². The van der Waals surface area contributed by atoms with Crippen LogP contribution in [0.15, 0.2) is 40.9 Å². The first-order valence-corrected chi connectivity index (χ1v) is 8.06. The molecular formula is C19H14F3NO3. The maximum absolute atomic E-state index is 13.2. The molecule has 1 saturated carbocycles. The minimum Gasteiger partial charge on any atom is -0.478 e. The van der Waals surface area contributed by atoms with E-state index in [1.165, 1.54) is 12.1 Å². The monoisotopic (exact) mass is 361 g/mol. The number of pyridine rings is 1. The van der Waals surface area contributed by atoms with Gasteiger partial charge in [-0.05, 0) is 54.5 Å². The van der Waals surface area contributed by atoms with Crippen LogP contribution in [0.4, 0.5) is 13.2 Å². The van der Waals surface area contributed by atoms with Crippen LogP contribution in [0.2, 0.25) is 0 Å². The second-order valence-electron chi connectivity index (χ2n) is 6.48. The number of rotatable bonds is 3. The molecule has 4 rings (SSSR count). The molecule has 0 radical (unpaired) electrons. The topological polar surface area (TPSA) is 63.3 Å². The molecule has 2 atom stereocenters. The van der Waals surface area contributed by atoms with Gasteiger partial charge in [0.25, 0.3) is 0 Å². The third kappa shape index (κ3) is 2.64. The molecule has 0 aliphatic heterocycles. The molecule has 1 aromatic carbocycles. The Kier molecular flexibility index (Phi) is 3.57. The Labute approximate surface area is 146 Å². The highest BCUT2D eigenvalue weighted by Crippen LogP contribution is 2.56. The normalized spacial score (nSPS) is 19.7. The average molecular weight is 361 g/mol. The number of carbonyl (C=O) groups is 1. The van der Waals surface area contributed by atoms with Gasteiger partial charge in [-0.2, -0.15) is 13.2 Å². The number of carboxylic acids is 1. The average Bonchev–Trinajstić information content (AvgIpc) is 3.29. The number of furan rings is 1. The standard InChI is InChI=1S/C19H14F3NO3/c1-9-16(18(24)25)14-7-10(4-5-15(14)26-9)12-8-13(12)11-3-2-6-23-17(11)19(20,21)22/h2-7,12-13H,8H2,1H3,(H,24,25). The minimum atomic E-state index is -4.49. The SMILES string of the molecule is Cc1oc2ccc(C3CC3c3cccnc3C(F)(F)F)cc2c1C(=O)O. The van der Waals surface area contributed by atoms with Gasteiger partial charge in [0.1, 0.15) is 22.6 Å². The molecule has 0 spiro atoms. The molecule has 0 saturated heterocycles. The van der Waals surface area contributed by atoms with Gasteiger partial charge >= 0.3 is 12.1 Å². The van der Waals surface area contributed by atoms with Crippen molar-refractivity contribution in [3.8, 4) is 0 Å². The molecule has 3 aromatic rings. The molecular weight excluding hydrogens is 347 g/mol. The lowest BCUT2D eigenvalue weighted by molar-refractivity contribution is -0.141. The van der Waals surface area contributed by atoms with Gasteiger partial charge in [0, 0.05) is 11.6 Å². The number of aryl methyl sites for hydroxylation is 1. The smallest absolute Gasteiger partial charge is 0.433 e. The molecule has 0 amide bonds. The molecule has 0 bridgehead atoms. The van der Waals surface area contributed by atoms with E-state index in [-0.39, 0.29) is 23.0 Å². The zero-order valence-corrected chi connectivity index (χ0v) is 13.7. The van der Waals surface area contributed by atoms with Gasteiger partial charge in [-0.3, -0.25) is 4.98 Å². The zero-order valence-electron chi connectivity index (χ0n) is 13.7. The first-order chi connectivity index (χ1) is 12.3. The van der Waals surface area contributed by atoms with Crippen molar-refractivity contribution in [2.45, 2.75) is 31.4 Å². The molecule has 134 valence electrons. The maximum atomic E-state index is 13.2. The summed E-state index contributed by atoms with van der Waals surface area (Å²) in [5, 5.41) is 9.83. The summed E-state index contributed by atoms with van der Waals surface area (Å²) in [4.78, 5) is 15.0. The van der Waals surface area contributed by atoms with Gasteiger partial charge in [0.2, 0.25) is 0 Å². The molecule has 2 aromatic heterocycles. The van der Waals surface area contributed by atoms with Crippen molar-refractivity contribution in [1.29, 1.82) is 0 Å². The van der Waals surface area contributed by atoms with E-state index >= 15 is 0 Å². The lowest BCUT2D eigenvalue weighted by Gasteiger charge is -2.11. The third-order valence-electron chi connectivity index (χ3n) is 4.83. The van der Waals surface area contributed by atoms with Crippen LogP contribution in [-0.2, 0) is 6.18 Å². The fourth-order valence-corrected chi connectivity index (χ4v) is 3.59. The molecule has 4 nitrogen and oxygen atoms in total. The summed E-state index contributed by atoms with van der Waals surface area (Å²) in [5.41, 5.74) is 0.697. The molecule has 1 aliphatic carbocycles. The van der Waals surface area contributed by atoms with Crippen molar-refractivity contribution in [3.05, 3.63) is 64.7 Å². The zero-order chi connectivity index (χ0) is 18.6. The van der Waals surface area contributed by atoms with Crippen LogP contribution in [-0.4, -0.2) is 16.1 Å². The Balaban J connectivity index is 1.72. The number of halogens is 3. The van der Waals surface area contributed by atoms with Crippen LogP contribution < -0.4 is 0 Å². The van der Waals surface area contributed by atoms with Gasteiger partial charge in [-0.1, -0.05) is 12.1 Å². The first kappa shape index (κ1) is 16.6. The van der Waals surface area contributed by atoms with Crippen molar-refractivity contribution in [2.75, 3.05) is 0 Å². The molecule has 1 N–H and O–H groups in total. The first-order valence-electron chi connectivity index (χ1n) is 8.06. The Morgan fingerprint density at radius 1 is 1.27 bits per heavy atom. The van der Waals surface area contributed by atoms with E-state index in [0.717, 1.165) is 11.8 Å². The second-order valence-corrected chi connectivity index (χ2v) is 6.48. The Hall–Kier alpha value is -2.83. The number of aromatic carboxylic acids is 1. The Morgan fingerprint density at radius 3 is 2.73 bits per heavy atom. The molecule has 1 fully saturated rings. The summed E-state index contributed by atoms with van der Waals surface area (Å²) < 4.78 is 45.0. The van der Waals surface area contributed by atoms with Gasteiger partial charge in [-0.25, -0.2) is 4.79 Å². The molecule has 1 aliphatic rings. The van der Waals surface area contributed by atoms with Gasteiger partial charge in [-0.15, -0.1) is 0 Å². The summed E-state index contributed by atoms with van der Waals surface area (Å²) in [6, 6.07) is 8.14. The fourth-order valence-electron chi connectivity index (χ4n) is 3.59. The highest BCUT2D eigenvalue weighted by Gasteiger charge is 2.46. The summed E-state index contributed by atoms with van der Waals surface area (Å²) in [5.74, 6) is -1.15. The Morgan fingerprint density at radius 2 is 2.04 bits per heavy atom. The summed E-state index contributed by atoms with van der Waals surface area (Å²) in [7, 11) is 0. The quantitative estimate of drug-likeness (QED) is 0.703. The predicted molar refractivity (Wildman–Crippen MR) is 87.2 cm³/mol. The predicted octanol–water partition coefficient (Wildman–Crippen LogP) is 5.12. The van der Waals surface area contributed by atoms with Crippen LogP contribution in [0.25, 0.3) is 11.0 Å². The molecule has 7 heteroatoms. The van der Waals surface area contributed by atoms with Crippen LogP contribution in [0.3, 0.4) is 0 Å². The number of benzene rings is 1. The van der Waals surface area contributed by atoms with Crippen molar-refractivity contribution in [1.82, 2.24) is 4.98 Å². The fraction of sp³-hybridized carbons (Fsp3) is 0.263. The van der Waals surface area contributed by atoms with Crippen molar-refractivity contribution in [3.63, 3.8) is 0 Å². The second kappa shape index (κ2) is 5.59. The van der Waals surface area contributed by atoms with Crippen LogP contribution in [0.5, 0.6) is 0 Å². The van der Waals surface area contributed by atoms with Gasteiger partial charge in [0.15, 0.2) is 0 Å². The van der Waals surface area contributed by atoms with E-state index in [1.54, 1.807) is 25.1 Å². The molecule has 2 heterocycles. The van der Waals surface area contributed by atoms with Crippen molar-refractivity contribution < 1.29 is 27.5 Å². The van der Waals surface area contributed by atoms with Crippen molar-refractivity contribution in [2.24, 2.45) is 0 Å². The number of aromatic nitrogens is 1. The van der Waals surface area contributed by atoms with E-state index < -0.39 is 17.8 Å². The number of fused-ring (bicyclic) bond motifs is 1. The number of carboxylic acid groups (broad SMARTS) is 1. The van der Waals surface area contributed by atoms with Crippen LogP contribution in [0, 0.1) is 6.92 Å². The largest absolute Gasteiger partial charge is 0.478 e. The lowest BCUT2D eigenvalue weighted by atomic mass is 10.0. The van der Waals surface area contributed by atoms with Crippen LogP contribution in [0.1, 0.15) is 51.2 Å².